The number of urea groups is 1. The lowest BCUT2D eigenvalue weighted by atomic mass is 10.6. The number of nitrogens with zero attached hydrogens (tertiary/aromatic N) is 3. The molecule has 0 saturated carbocycles. The Balaban J connectivity index is 2.73. The van der Waals surface area contributed by atoms with Crippen LogP contribution in [0.15, 0.2) is 4.34 Å². The monoisotopic (exact) mass is 278 g/mol. The number of nitrogens with one attached hydrogen (secondary N) is 1. The molecule has 1 aromatic heterocycles. The summed E-state index contributed by atoms with van der Waals surface area (Å²) in [6.07, 6.45) is 1.57. The van der Waals surface area contributed by atoms with E-state index >= 15 is 0 Å². The average Bonchev–Trinajstić information content (AvgIpc) is 2.66. The number of carbonyl (C=O) groups excluding carboxylic acids is 2. The smallest absolute Gasteiger partial charge is 0.321 e. The van der Waals surface area contributed by atoms with E-state index < -0.39 is 15.9 Å². The summed E-state index contributed by atoms with van der Waals surface area (Å²) in [5, 5.41) is 9.32. The summed E-state index contributed by atoms with van der Waals surface area (Å²) in [7, 11) is -2.01. The van der Waals surface area contributed by atoms with Crippen LogP contribution in [0.1, 0.15) is 0 Å². The van der Waals surface area contributed by atoms with Crippen molar-refractivity contribution in [3.8, 4) is 0 Å². The van der Waals surface area contributed by atoms with Gasteiger partial charge < -0.3 is 9.69 Å². The molecule has 0 bridgehead atoms. The van der Waals surface area contributed by atoms with E-state index in [0.29, 0.717) is 6.29 Å². The summed E-state index contributed by atoms with van der Waals surface area (Å²) in [4.78, 5) is 22.7. The van der Waals surface area contributed by atoms with Crippen molar-refractivity contribution in [2.75, 3.05) is 25.2 Å². The largest absolute Gasteiger partial charge is 0.323 e. The maximum Gasteiger partial charge on any atom is 0.323 e. The zero-order valence-electron chi connectivity index (χ0n) is 9.08. The van der Waals surface area contributed by atoms with Crippen LogP contribution in [-0.4, -0.2) is 55.7 Å². The van der Waals surface area contributed by atoms with Crippen LogP contribution in [0.4, 0.5) is 9.93 Å². The van der Waals surface area contributed by atoms with Crippen LogP contribution >= 0.6 is 11.3 Å². The second kappa shape index (κ2) is 5.19. The molecule has 0 radical (unpaired) electrons. The van der Waals surface area contributed by atoms with Crippen molar-refractivity contribution in [2.45, 2.75) is 4.34 Å². The zero-order valence-corrected chi connectivity index (χ0v) is 10.7. The molecule has 0 aliphatic heterocycles. The van der Waals surface area contributed by atoms with Gasteiger partial charge in [0.25, 0.3) is 0 Å². The summed E-state index contributed by atoms with van der Waals surface area (Å²) in [5.41, 5.74) is 0. The lowest BCUT2D eigenvalue weighted by Crippen LogP contribution is -2.32. The molecule has 1 heterocycles. The lowest BCUT2D eigenvalue weighted by Gasteiger charge is -2.12. The number of amides is 2. The Kier molecular flexibility index (Phi) is 4.12. The van der Waals surface area contributed by atoms with Crippen molar-refractivity contribution in [1.82, 2.24) is 15.1 Å². The predicted molar refractivity (Wildman–Crippen MR) is 60.7 cm³/mol. The van der Waals surface area contributed by atoms with Gasteiger partial charge in [0.1, 0.15) is 6.29 Å². The highest BCUT2D eigenvalue weighted by molar-refractivity contribution is 7.92. The van der Waals surface area contributed by atoms with E-state index in [0.717, 1.165) is 22.5 Å². The first-order chi connectivity index (χ1) is 7.84. The van der Waals surface area contributed by atoms with E-state index in [1.165, 1.54) is 7.05 Å². The molecule has 0 atom stereocenters. The molecule has 1 aromatic rings. The molecule has 0 fully saturated rings. The third-order valence-electron chi connectivity index (χ3n) is 1.63. The number of likely N-dealkylation sites (N-methyl/N-ethyl adjacent to an activating group) is 1. The first kappa shape index (κ1) is 13.5. The second-order valence-electron chi connectivity index (χ2n) is 3.12. The fourth-order valence-electron chi connectivity index (χ4n) is 0.792. The number of aldehydes is 1. The van der Waals surface area contributed by atoms with Gasteiger partial charge in [0, 0.05) is 13.3 Å². The molecular formula is C7H10N4O4S2. The van der Waals surface area contributed by atoms with Gasteiger partial charge in [-0.25, -0.2) is 13.2 Å². The number of hydrogen-bond acceptors (Lipinski definition) is 7. The fraction of sp³-hybridized carbons (Fsp3) is 0.429. The summed E-state index contributed by atoms with van der Waals surface area (Å²) in [5.74, 6) is 0. The van der Waals surface area contributed by atoms with Crippen molar-refractivity contribution >= 4 is 38.6 Å². The maximum absolute atomic E-state index is 11.4. The predicted octanol–water partition coefficient (Wildman–Crippen LogP) is -0.396. The summed E-state index contributed by atoms with van der Waals surface area (Å²) in [6.45, 7) is -0.0659. The molecule has 8 nitrogen and oxygen atoms in total. The quantitative estimate of drug-likeness (QED) is 0.593. The second-order valence-corrected chi connectivity index (χ2v) is 6.29. The molecule has 0 aliphatic carbocycles. The molecule has 2 amide bonds. The maximum atomic E-state index is 11.4. The normalized spacial score (nSPS) is 10.9. The Morgan fingerprint density at radius 2 is 2.18 bits per heavy atom. The van der Waals surface area contributed by atoms with Crippen LogP contribution in [0.25, 0.3) is 0 Å². The molecule has 0 unspecified atom stereocenters. The van der Waals surface area contributed by atoms with Crippen molar-refractivity contribution in [2.24, 2.45) is 0 Å². The minimum absolute atomic E-state index is 0.0631. The molecule has 17 heavy (non-hydrogen) atoms. The van der Waals surface area contributed by atoms with Gasteiger partial charge in [0.2, 0.25) is 19.3 Å². The molecule has 0 spiro atoms. The Morgan fingerprint density at radius 1 is 1.53 bits per heavy atom. The molecule has 1 rings (SSSR count). The minimum atomic E-state index is -3.42. The van der Waals surface area contributed by atoms with Crippen LogP contribution < -0.4 is 5.32 Å². The highest BCUT2D eigenvalue weighted by Crippen LogP contribution is 2.19. The summed E-state index contributed by atoms with van der Waals surface area (Å²) < 4.78 is 22.0. The van der Waals surface area contributed by atoms with Crippen LogP contribution in [0.3, 0.4) is 0 Å². The molecule has 94 valence electrons. The van der Waals surface area contributed by atoms with Gasteiger partial charge in [-0.05, 0) is 0 Å². The van der Waals surface area contributed by atoms with Gasteiger partial charge in [0.15, 0.2) is 0 Å². The Hall–Kier alpha value is -1.55. The number of sulfone groups is 1. The molecular weight excluding hydrogens is 268 g/mol. The van der Waals surface area contributed by atoms with Crippen molar-refractivity contribution < 1.29 is 18.0 Å². The molecule has 0 aliphatic rings. The number of anilines is 1. The van der Waals surface area contributed by atoms with E-state index in [1.54, 1.807) is 0 Å². The summed E-state index contributed by atoms with van der Waals surface area (Å²) in [6, 6.07) is -0.562. The molecule has 0 aromatic carbocycles. The summed E-state index contributed by atoms with van der Waals surface area (Å²) >= 11 is 0.747. The number of carbonyl (C=O) groups is 2. The highest BCUT2D eigenvalue weighted by Gasteiger charge is 2.16. The van der Waals surface area contributed by atoms with E-state index in [2.05, 4.69) is 15.5 Å². The van der Waals surface area contributed by atoms with Gasteiger partial charge in [-0.15, -0.1) is 10.2 Å². The van der Waals surface area contributed by atoms with Crippen molar-refractivity contribution in [3.05, 3.63) is 0 Å². The lowest BCUT2D eigenvalue weighted by molar-refractivity contribution is -0.108. The van der Waals surface area contributed by atoms with Crippen LogP contribution in [0.5, 0.6) is 0 Å². The number of aromatic nitrogens is 2. The molecule has 0 saturated heterocycles. The highest BCUT2D eigenvalue weighted by atomic mass is 32.2. The van der Waals surface area contributed by atoms with E-state index in [-0.39, 0.29) is 16.0 Å². The first-order valence-electron chi connectivity index (χ1n) is 4.34. The Bertz CT molecular complexity index is 524. The number of hydrogen-bond donors (Lipinski definition) is 1. The topological polar surface area (TPSA) is 109 Å². The molecule has 10 heteroatoms. The average molecular weight is 278 g/mol. The van der Waals surface area contributed by atoms with E-state index in [1.807, 2.05) is 0 Å². The van der Waals surface area contributed by atoms with Crippen LogP contribution in [0, 0.1) is 0 Å². The van der Waals surface area contributed by atoms with E-state index in [4.69, 9.17) is 0 Å². The first-order valence-corrected chi connectivity index (χ1v) is 7.04. The van der Waals surface area contributed by atoms with Gasteiger partial charge in [0.05, 0.1) is 6.54 Å². The van der Waals surface area contributed by atoms with Crippen LogP contribution in [-0.2, 0) is 14.6 Å². The van der Waals surface area contributed by atoms with Gasteiger partial charge >= 0.3 is 6.03 Å². The SMILES string of the molecule is CN(CC=O)C(=O)Nc1nnc(S(C)(=O)=O)s1. The molecule has 1 N–H and O–H groups in total. The third-order valence-corrected chi connectivity index (χ3v) is 4.14. The van der Waals surface area contributed by atoms with Gasteiger partial charge in [-0.1, -0.05) is 11.3 Å². The number of rotatable bonds is 4. The van der Waals surface area contributed by atoms with Crippen molar-refractivity contribution in [1.29, 1.82) is 0 Å². The fourth-order valence-corrected chi connectivity index (χ4v) is 2.29. The van der Waals surface area contributed by atoms with Gasteiger partial charge in [-0.2, -0.15) is 0 Å². The Labute approximate surface area is 102 Å². The van der Waals surface area contributed by atoms with Crippen molar-refractivity contribution in [3.63, 3.8) is 0 Å². The van der Waals surface area contributed by atoms with Gasteiger partial charge in [-0.3, -0.25) is 5.32 Å². The minimum Gasteiger partial charge on any atom is -0.321 e. The standard InChI is InChI=1S/C7H10N4O4S2/c1-11(3-4-12)6(13)8-5-9-10-7(16-5)17(2,14)15/h4H,3H2,1-2H3,(H,8,9,13). The Morgan fingerprint density at radius 3 is 2.65 bits per heavy atom. The third kappa shape index (κ3) is 3.75. The zero-order chi connectivity index (χ0) is 13.1. The van der Waals surface area contributed by atoms with E-state index in [9.17, 15) is 18.0 Å². The van der Waals surface area contributed by atoms with Crippen LogP contribution in [0.2, 0.25) is 0 Å².